The van der Waals surface area contributed by atoms with Crippen molar-refractivity contribution in [1.29, 1.82) is 0 Å². The van der Waals surface area contributed by atoms with Crippen LogP contribution >= 0.6 is 11.3 Å². The van der Waals surface area contributed by atoms with Crippen molar-refractivity contribution in [2.75, 3.05) is 0 Å². The zero-order valence-corrected chi connectivity index (χ0v) is 9.96. The molecule has 0 aliphatic heterocycles. The highest BCUT2D eigenvalue weighted by molar-refractivity contribution is 7.09. The standard InChI is InChI=1S/C12H18N2S/c1-7(13)11-6-15-12(14-11)10-5-8-2-3-9(10)4-8/h6-10H,2-5,13H2,1H3. The lowest BCUT2D eigenvalue weighted by Gasteiger charge is -2.18. The fourth-order valence-electron chi connectivity index (χ4n) is 3.23. The second kappa shape index (κ2) is 3.56. The number of hydrogen-bond acceptors (Lipinski definition) is 3. The highest BCUT2D eigenvalue weighted by Gasteiger charge is 2.41. The Morgan fingerprint density at radius 3 is 2.87 bits per heavy atom. The molecule has 0 amide bonds. The molecule has 1 aromatic heterocycles. The maximum atomic E-state index is 5.85. The van der Waals surface area contributed by atoms with Gasteiger partial charge in [-0.1, -0.05) is 6.42 Å². The van der Waals surface area contributed by atoms with Crippen molar-refractivity contribution in [3.8, 4) is 0 Å². The summed E-state index contributed by atoms with van der Waals surface area (Å²) in [6, 6.07) is 0.0913. The lowest BCUT2D eigenvalue weighted by molar-refractivity contribution is 0.418. The molecule has 0 aromatic carbocycles. The summed E-state index contributed by atoms with van der Waals surface area (Å²) in [7, 11) is 0. The second-order valence-corrected chi connectivity index (χ2v) is 6.07. The summed E-state index contributed by atoms with van der Waals surface area (Å²) in [5.74, 6) is 2.70. The van der Waals surface area contributed by atoms with Gasteiger partial charge in [0.05, 0.1) is 10.7 Å². The molecule has 0 spiro atoms. The fraction of sp³-hybridized carbons (Fsp3) is 0.750. The van der Waals surface area contributed by atoms with Gasteiger partial charge in [0.2, 0.25) is 0 Å². The fourth-order valence-corrected chi connectivity index (χ4v) is 4.36. The Hall–Kier alpha value is -0.410. The van der Waals surface area contributed by atoms with Gasteiger partial charge in [0, 0.05) is 17.3 Å². The molecule has 3 heteroatoms. The summed E-state index contributed by atoms with van der Waals surface area (Å²) >= 11 is 1.82. The van der Waals surface area contributed by atoms with Gasteiger partial charge in [0.25, 0.3) is 0 Å². The van der Waals surface area contributed by atoms with Crippen molar-refractivity contribution in [3.05, 3.63) is 16.1 Å². The summed E-state index contributed by atoms with van der Waals surface area (Å²) in [6.07, 6.45) is 5.74. The monoisotopic (exact) mass is 222 g/mol. The number of nitrogens with two attached hydrogens (primary N) is 1. The Morgan fingerprint density at radius 2 is 2.33 bits per heavy atom. The third-order valence-electron chi connectivity index (χ3n) is 4.06. The second-order valence-electron chi connectivity index (χ2n) is 5.18. The molecule has 4 atom stereocenters. The van der Waals surface area contributed by atoms with Crippen LogP contribution in [0.25, 0.3) is 0 Å². The van der Waals surface area contributed by atoms with Crippen LogP contribution in [-0.4, -0.2) is 4.98 Å². The van der Waals surface area contributed by atoms with Crippen LogP contribution in [0.15, 0.2) is 5.38 Å². The first-order valence-corrected chi connectivity index (χ1v) is 6.83. The molecule has 2 nitrogen and oxygen atoms in total. The van der Waals surface area contributed by atoms with Crippen LogP contribution in [0.1, 0.15) is 55.3 Å². The third-order valence-corrected chi connectivity index (χ3v) is 5.06. The van der Waals surface area contributed by atoms with Crippen LogP contribution in [0.5, 0.6) is 0 Å². The maximum absolute atomic E-state index is 5.85. The first-order valence-electron chi connectivity index (χ1n) is 5.95. The Morgan fingerprint density at radius 1 is 1.47 bits per heavy atom. The molecule has 0 saturated heterocycles. The molecule has 2 fully saturated rings. The lowest BCUT2D eigenvalue weighted by atomic mass is 9.89. The topological polar surface area (TPSA) is 38.9 Å². The van der Waals surface area contributed by atoms with E-state index in [1.807, 2.05) is 18.3 Å². The number of aromatic nitrogens is 1. The average molecular weight is 222 g/mol. The van der Waals surface area contributed by atoms with Crippen molar-refractivity contribution in [3.63, 3.8) is 0 Å². The summed E-state index contributed by atoms with van der Waals surface area (Å²) in [5, 5.41) is 3.50. The van der Waals surface area contributed by atoms with Crippen LogP contribution < -0.4 is 5.73 Å². The summed E-state index contributed by atoms with van der Waals surface area (Å²) < 4.78 is 0. The molecule has 2 bridgehead atoms. The van der Waals surface area contributed by atoms with E-state index in [9.17, 15) is 0 Å². The number of hydrogen-bond donors (Lipinski definition) is 1. The van der Waals surface area contributed by atoms with Gasteiger partial charge >= 0.3 is 0 Å². The SMILES string of the molecule is CC(N)c1csc(C2CC3CCC2C3)n1. The van der Waals surface area contributed by atoms with Crippen LogP contribution in [-0.2, 0) is 0 Å². The van der Waals surface area contributed by atoms with Crippen molar-refractivity contribution >= 4 is 11.3 Å². The minimum absolute atomic E-state index is 0.0913. The van der Waals surface area contributed by atoms with Gasteiger partial charge in [-0.2, -0.15) is 0 Å². The van der Waals surface area contributed by atoms with Crippen LogP contribution in [0.4, 0.5) is 0 Å². The van der Waals surface area contributed by atoms with E-state index in [-0.39, 0.29) is 6.04 Å². The van der Waals surface area contributed by atoms with Gasteiger partial charge in [-0.15, -0.1) is 11.3 Å². The van der Waals surface area contributed by atoms with Crippen LogP contribution in [0, 0.1) is 11.8 Å². The van der Waals surface area contributed by atoms with Crippen molar-refractivity contribution in [1.82, 2.24) is 4.98 Å². The van der Waals surface area contributed by atoms with E-state index in [2.05, 4.69) is 5.38 Å². The van der Waals surface area contributed by atoms with Gasteiger partial charge in [0.15, 0.2) is 0 Å². The zero-order chi connectivity index (χ0) is 10.4. The summed E-state index contributed by atoms with van der Waals surface area (Å²) in [6.45, 7) is 2.01. The minimum atomic E-state index is 0.0913. The smallest absolute Gasteiger partial charge is 0.0962 e. The minimum Gasteiger partial charge on any atom is -0.323 e. The summed E-state index contributed by atoms with van der Waals surface area (Å²) in [4.78, 5) is 4.70. The Balaban J connectivity index is 1.81. The zero-order valence-electron chi connectivity index (χ0n) is 9.15. The summed E-state index contributed by atoms with van der Waals surface area (Å²) in [5.41, 5.74) is 6.93. The third kappa shape index (κ3) is 1.62. The molecule has 82 valence electrons. The van der Waals surface area contributed by atoms with Crippen LogP contribution in [0.3, 0.4) is 0 Å². The lowest BCUT2D eigenvalue weighted by Crippen LogP contribution is -2.10. The maximum Gasteiger partial charge on any atom is 0.0962 e. The largest absolute Gasteiger partial charge is 0.323 e. The molecule has 2 aliphatic rings. The Labute approximate surface area is 94.9 Å². The predicted molar refractivity (Wildman–Crippen MR) is 62.9 cm³/mol. The normalized spacial score (nSPS) is 36.0. The van der Waals surface area contributed by atoms with E-state index in [4.69, 9.17) is 10.7 Å². The van der Waals surface area contributed by atoms with Gasteiger partial charge in [-0.25, -0.2) is 4.98 Å². The quantitative estimate of drug-likeness (QED) is 0.835. The van der Waals surface area contributed by atoms with Crippen molar-refractivity contribution < 1.29 is 0 Å². The molecule has 2 N–H and O–H groups in total. The van der Waals surface area contributed by atoms with Crippen molar-refractivity contribution in [2.24, 2.45) is 17.6 Å². The number of thiazole rings is 1. The molecule has 1 heterocycles. The van der Waals surface area contributed by atoms with E-state index >= 15 is 0 Å². The number of nitrogens with zero attached hydrogens (tertiary/aromatic N) is 1. The van der Waals surface area contributed by atoms with Gasteiger partial charge in [0.1, 0.15) is 0 Å². The van der Waals surface area contributed by atoms with Crippen molar-refractivity contribution in [2.45, 2.75) is 44.6 Å². The average Bonchev–Trinajstić information content (AvgIpc) is 2.93. The molecule has 4 unspecified atom stereocenters. The molecule has 2 aliphatic carbocycles. The van der Waals surface area contributed by atoms with Gasteiger partial charge < -0.3 is 5.73 Å². The molecular formula is C12H18N2S. The molecule has 15 heavy (non-hydrogen) atoms. The van der Waals surface area contributed by atoms with E-state index in [1.165, 1.54) is 30.7 Å². The molecule has 1 aromatic rings. The highest BCUT2D eigenvalue weighted by atomic mass is 32.1. The number of rotatable bonds is 2. The van der Waals surface area contributed by atoms with E-state index in [0.717, 1.165) is 23.4 Å². The van der Waals surface area contributed by atoms with E-state index < -0.39 is 0 Å². The van der Waals surface area contributed by atoms with Crippen LogP contribution in [0.2, 0.25) is 0 Å². The highest BCUT2D eigenvalue weighted by Crippen LogP contribution is 2.53. The van der Waals surface area contributed by atoms with E-state index in [1.54, 1.807) is 0 Å². The Kier molecular flexibility index (Phi) is 2.33. The molecule has 3 rings (SSSR count). The predicted octanol–water partition coefficient (Wildman–Crippen LogP) is 3.07. The molecule has 0 radical (unpaired) electrons. The first kappa shape index (κ1) is 9.79. The molecular weight excluding hydrogens is 204 g/mol. The Bertz CT molecular complexity index is 358. The van der Waals surface area contributed by atoms with Gasteiger partial charge in [-0.3, -0.25) is 0 Å². The van der Waals surface area contributed by atoms with E-state index in [0.29, 0.717) is 0 Å². The number of fused-ring (bicyclic) bond motifs is 2. The first-order chi connectivity index (χ1) is 7.24. The molecule has 2 saturated carbocycles. The van der Waals surface area contributed by atoms with Gasteiger partial charge in [-0.05, 0) is 38.0 Å².